The minimum atomic E-state index is -3.43. The first-order chi connectivity index (χ1) is 11.1. The molecular weight excluding hydrogens is 360 g/mol. The van der Waals surface area contributed by atoms with Gasteiger partial charge in [-0.15, -0.1) is 0 Å². The van der Waals surface area contributed by atoms with Crippen molar-refractivity contribution in [2.24, 2.45) is 0 Å². The van der Waals surface area contributed by atoms with Gasteiger partial charge in [-0.05, 0) is 30.3 Å². The molecule has 0 aromatic heterocycles. The topological polar surface area (TPSA) is 137 Å². The van der Waals surface area contributed by atoms with Crippen LogP contribution in [0, 0.1) is 20.2 Å². The average molecular weight is 370 g/mol. The van der Waals surface area contributed by atoms with Crippen LogP contribution < -0.4 is 0 Å². The molecule has 2 rings (SSSR count). The van der Waals surface area contributed by atoms with E-state index in [4.69, 9.17) is 0 Å². The van der Waals surface area contributed by atoms with E-state index in [0.717, 1.165) is 24.5 Å². The lowest BCUT2D eigenvalue weighted by Crippen LogP contribution is -2.02. The van der Waals surface area contributed by atoms with Crippen LogP contribution in [0.1, 0.15) is 0 Å². The van der Waals surface area contributed by atoms with Crippen molar-refractivity contribution in [2.45, 2.75) is 14.7 Å². The molecule has 0 amide bonds. The van der Waals surface area contributed by atoms with Crippen molar-refractivity contribution in [3.05, 3.63) is 62.7 Å². The number of hydrogen-bond acceptors (Lipinski definition) is 7. The molecule has 126 valence electrons. The van der Waals surface area contributed by atoms with Crippen molar-refractivity contribution in [1.29, 1.82) is 0 Å². The summed E-state index contributed by atoms with van der Waals surface area (Å²) in [5, 5.41) is 21.8. The third-order valence-corrected chi connectivity index (χ3v) is 5.59. The fourth-order valence-corrected chi connectivity index (χ4v) is 3.64. The zero-order chi connectivity index (χ0) is 18.1. The number of sulfone groups is 1. The number of nitrogens with zero attached hydrogens (tertiary/aromatic N) is 2. The second-order valence-corrected chi connectivity index (χ2v) is 8.14. The van der Waals surface area contributed by atoms with Crippen LogP contribution in [0.3, 0.4) is 0 Å². The Morgan fingerprint density at radius 1 is 0.958 bits per heavy atom. The van der Waals surface area contributed by atoms with E-state index < -0.39 is 41.9 Å². The second kappa shape index (κ2) is 6.45. The van der Waals surface area contributed by atoms with Gasteiger partial charge in [-0.3, -0.25) is 20.2 Å². The Labute approximate surface area is 138 Å². The Morgan fingerprint density at radius 2 is 1.54 bits per heavy atom. The van der Waals surface area contributed by atoms with E-state index in [1.807, 2.05) is 0 Å². The van der Waals surface area contributed by atoms with Gasteiger partial charge in [0.1, 0.15) is 4.90 Å². The molecular formula is C13H10N2O7S2. The lowest BCUT2D eigenvalue weighted by atomic mass is 10.3. The summed E-state index contributed by atoms with van der Waals surface area (Å²) in [6.45, 7) is 0. The second-order valence-electron chi connectivity index (χ2n) is 4.68. The van der Waals surface area contributed by atoms with Gasteiger partial charge in [0.15, 0.2) is 9.84 Å². The first kappa shape index (κ1) is 17.7. The lowest BCUT2D eigenvalue weighted by Gasteiger charge is -2.05. The van der Waals surface area contributed by atoms with Gasteiger partial charge < -0.3 is 0 Å². The van der Waals surface area contributed by atoms with Gasteiger partial charge in [-0.1, -0.05) is 0 Å². The highest BCUT2D eigenvalue weighted by atomic mass is 32.2. The van der Waals surface area contributed by atoms with Gasteiger partial charge >= 0.3 is 0 Å². The summed E-state index contributed by atoms with van der Waals surface area (Å²) in [5.41, 5.74) is -1.13. The highest BCUT2D eigenvalue weighted by molar-refractivity contribution is 7.90. The molecule has 2 aromatic carbocycles. The van der Waals surface area contributed by atoms with Crippen LogP contribution in [0.15, 0.2) is 57.2 Å². The van der Waals surface area contributed by atoms with Gasteiger partial charge in [0.2, 0.25) is 0 Å². The van der Waals surface area contributed by atoms with E-state index in [0.29, 0.717) is 0 Å². The third-order valence-electron chi connectivity index (χ3n) is 3.02. The summed E-state index contributed by atoms with van der Waals surface area (Å²) in [7, 11) is -5.42. The van der Waals surface area contributed by atoms with Crippen molar-refractivity contribution in [1.82, 2.24) is 0 Å². The Bertz CT molecular complexity index is 953. The number of benzene rings is 2. The minimum Gasteiger partial charge on any atom is -0.258 e. The van der Waals surface area contributed by atoms with E-state index in [1.165, 1.54) is 24.3 Å². The van der Waals surface area contributed by atoms with Gasteiger partial charge in [0, 0.05) is 17.2 Å². The maximum absolute atomic E-state index is 12.5. The molecule has 0 saturated heterocycles. The molecule has 2 aromatic rings. The quantitative estimate of drug-likeness (QED) is 0.580. The monoisotopic (exact) mass is 370 g/mol. The van der Waals surface area contributed by atoms with E-state index in [1.54, 1.807) is 0 Å². The van der Waals surface area contributed by atoms with E-state index in [2.05, 4.69) is 0 Å². The van der Waals surface area contributed by atoms with Gasteiger partial charge in [0.25, 0.3) is 11.4 Å². The number of non-ortho nitro benzene ring substituents is 1. The smallest absolute Gasteiger partial charge is 0.258 e. The molecule has 0 bridgehead atoms. The van der Waals surface area contributed by atoms with Crippen LogP contribution in [0.25, 0.3) is 0 Å². The van der Waals surface area contributed by atoms with Crippen LogP contribution in [0.4, 0.5) is 11.4 Å². The number of nitro benzene ring substituents is 2. The summed E-state index contributed by atoms with van der Waals surface area (Å²) >= 11 is 0. The molecule has 0 heterocycles. The molecule has 0 fully saturated rings. The molecule has 1 unspecified atom stereocenters. The van der Waals surface area contributed by atoms with Crippen LogP contribution in [0.2, 0.25) is 0 Å². The molecule has 0 saturated carbocycles. The molecule has 9 nitrogen and oxygen atoms in total. The molecule has 24 heavy (non-hydrogen) atoms. The van der Waals surface area contributed by atoms with E-state index in [-0.39, 0.29) is 14.7 Å². The molecule has 0 radical (unpaired) electrons. The average Bonchev–Trinajstić information content (AvgIpc) is 2.52. The molecule has 0 N–H and O–H groups in total. The minimum absolute atomic E-state index is 0.0152. The fraction of sp³-hybridized carbons (Fsp3) is 0.0769. The first-order valence-corrected chi connectivity index (χ1v) is 9.30. The Morgan fingerprint density at radius 3 is 2.00 bits per heavy atom. The summed E-state index contributed by atoms with van der Waals surface area (Å²) in [6.07, 6.45) is 1.01. The normalized spacial score (nSPS) is 12.5. The molecule has 1 atom stereocenters. The van der Waals surface area contributed by atoms with Crippen LogP contribution in [-0.4, -0.2) is 28.7 Å². The van der Waals surface area contributed by atoms with Crippen molar-refractivity contribution < 1.29 is 22.5 Å². The van der Waals surface area contributed by atoms with Gasteiger partial charge in [0.05, 0.1) is 31.6 Å². The predicted molar refractivity (Wildman–Crippen MR) is 84.0 cm³/mol. The van der Waals surface area contributed by atoms with E-state index >= 15 is 0 Å². The van der Waals surface area contributed by atoms with Crippen LogP contribution in [-0.2, 0) is 20.6 Å². The van der Waals surface area contributed by atoms with Crippen molar-refractivity contribution in [3.63, 3.8) is 0 Å². The van der Waals surface area contributed by atoms with Gasteiger partial charge in [-0.25, -0.2) is 12.6 Å². The number of nitro groups is 2. The zero-order valence-electron chi connectivity index (χ0n) is 12.1. The lowest BCUT2D eigenvalue weighted by molar-refractivity contribution is -0.396. The summed E-state index contributed by atoms with van der Waals surface area (Å²) < 4.78 is 35.3. The molecule has 0 aliphatic carbocycles. The maximum Gasteiger partial charge on any atom is 0.292 e. The predicted octanol–water partition coefficient (Wildman–Crippen LogP) is 2.07. The highest BCUT2D eigenvalue weighted by Gasteiger charge is 2.24. The van der Waals surface area contributed by atoms with Crippen molar-refractivity contribution in [2.75, 3.05) is 6.26 Å². The van der Waals surface area contributed by atoms with Crippen LogP contribution in [0.5, 0.6) is 0 Å². The standard InChI is InChI=1S/C13H10N2O7S2/c1-24(21,22)11-5-3-10(4-6-11)23(20)13-7-2-9(14(16)17)8-12(13)15(18)19/h2-8H,1H3. The largest absolute Gasteiger partial charge is 0.292 e. The Hall–Kier alpha value is -2.66. The van der Waals surface area contributed by atoms with E-state index in [9.17, 15) is 32.9 Å². The summed E-state index contributed by atoms with van der Waals surface area (Å²) in [5.74, 6) is 0. The Kier molecular flexibility index (Phi) is 4.76. The molecule has 11 heteroatoms. The van der Waals surface area contributed by atoms with Crippen molar-refractivity contribution in [3.8, 4) is 0 Å². The number of hydrogen-bond donors (Lipinski definition) is 0. The highest BCUT2D eigenvalue weighted by Crippen LogP contribution is 2.30. The zero-order valence-corrected chi connectivity index (χ0v) is 13.7. The molecule has 0 spiro atoms. The first-order valence-electron chi connectivity index (χ1n) is 6.26. The summed E-state index contributed by atoms with van der Waals surface area (Å²) in [4.78, 5) is 20.1. The molecule has 0 aliphatic heterocycles. The van der Waals surface area contributed by atoms with Crippen LogP contribution >= 0.6 is 0 Å². The van der Waals surface area contributed by atoms with Gasteiger partial charge in [-0.2, -0.15) is 0 Å². The fourth-order valence-electron chi connectivity index (χ4n) is 1.86. The van der Waals surface area contributed by atoms with Crippen molar-refractivity contribution >= 4 is 32.0 Å². The summed E-state index contributed by atoms with van der Waals surface area (Å²) in [6, 6.07) is 7.83. The maximum atomic E-state index is 12.5. The third kappa shape index (κ3) is 3.63. The SMILES string of the molecule is CS(=O)(=O)c1ccc(S(=O)c2ccc([N+](=O)[O-])cc2[N+](=O)[O-])cc1. The molecule has 0 aliphatic rings. The Balaban J connectivity index is 2.50. The number of rotatable bonds is 5.